The van der Waals surface area contributed by atoms with Crippen molar-refractivity contribution in [2.45, 2.75) is 0 Å². The van der Waals surface area contributed by atoms with Crippen LogP contribution < -0.4 is 0 Å². The summed E-state index contributed by atoms with van der Waals surface area (Å²) in [5.41, 5.74) is 0. The summed E-state index contributed by atoms with van der Waals surface area (Å²) in [5.74, 6) is 0. The molecule has 14 heteroatoms. The van der Waals surface area contributed by atoms with E-state index in [9.17, 15) is 0 Å². The Bertz CT molecular complexity index is 169. The topological polar surface area (TPSA) is 179 Å². The molecule has 0 spiro atoms. The third-order valence-electron chi connectivity index (χ3n) is 0. The first-order valence-corrected chi connectivity index (χ1v) is 1.84. The zero-order valence-electron chi connectivity index (χ0n) is 10.1. The summed E-state index contributed by atoms with van der Waals surface area (Å²) in [6, 6.07) is 0. The van der Waals surface area contributed by atoms with E-state index in [4.69, 9.17) is 41.9 Å². The molecule has 0 bridgehead atoms. The Kier molecular flexibility index (Phi) is 8680000. The average molecular weight is 486 g/mol. The van der Waals surface area contributed by atoms with Gasteiger partial charge in [-0.15, -0.1) is 0 Å². The summed E-state index contributed by atoms with van der Waals surface area (Å²) in [5, 5.41) is 0. The van der Waals surface area contributed by atoms with Gasteiger partial charge in [-0.3, -0.25) is 0 Å². The number of thiol groups is 2. The molecule has 0 saturated carbocycles. The van der Waals surface area contributed by atoms with E-state index in [0.29, 0.717) is 0 Å². The van der Waals surface area contributed by atoms with Crippen LogP contribution in [0.4, 0.5) is 0 Å². The average Bonchev–Trinajstić information content (AvgIpc) is 2.63. The van der Waals surface area contributed by atoms with Gasteiger partial charge in [-0.05, 0) is 0 Å². The van der Waals surface area contributed by atoms with Gasteiger partial charge in [0.1, 0.15) is 0 Å². The molecule has 0 radical (unpaired) electrons. The van der Waals surface area contributed by atoms with E-state index in [0.717, 1.165) is 0 Å². The molecule has 0 aliphatic heterocycles. The van der Waals surface area contributed by atoms with Crippen LogP contribution in [0.15, 0.2) is 0 Å². The SMILES string of the molecule is [C-]#[O+].[C-]#[O+].[C-]#[O+].[C-]#[O+].[C-]#[O+].[C-]#[O+].[C-]#[O+].[C-]#[O+].[C-]#[O+].[Fe].[Fe].[Fe].[SH-].[SH-]. The Morgan fingerprint density at radius 3 is 0.217 bits per heavy atom. The van der Waals surface area contributed by atoms with E-state index in [1.165, 1.54) is 0 Å². The fourth-order valence-corrected chi connectivity index (χ4v) is 0. The Labute approximate surface area is 179 Å². The first kappa shape index (κ1) is 138. The van der Waals surface area contributed by atoms with Gasteiger partial charge in [0.25, 0.3) is 0 Å². The van der Waals surface area contributed by atoms with Crippen LogP contribution in [-0.4, -0.2) is 0 Å². The Morgan fingerprint density at radius 1 is 0.217 bits per heavy atom. The van der Waals surface area contributed by atoms with E-state index >= 15 is 0 Å². The summed E-state index contributed by atoms with van der Waals surface area (Å²) < 4.78 is 67.5. The van der Waals surface area contributed by atoms with Gasteiger partial charge in [-0.2, -0.15) is 0 Å². The molecule has 0 heterocycles. The van der Waals surface area contributed by atoms with Crippen molar-refractivity contribution in [2.24, 2.45) is 0 Å². The summed E-state index contributed by atoms with van der Waals surface area (Å²) in [6.45, 7) is 40.5. The molecule has 9 nitrogen and oxygen atoms in total. The molecule has 0 atom stereocenters. The Morgan fingerprint density at radius 2 is 0.217 bits per heavy atom. The van der Waals surface area contributed by atoms with Crippen LogP contribution in [0, 0.1) is 59.9 Å². The third-order valence-corrected chi connectivity index (χ3v) is 0. The van der Waals surface area contributed by atoms with Crippen molar-refractivity contribution < 1.29 is 93.1 Å². The van der Waals surface area contributed by atoms with Crippen molar-refractivity contribution in [3.05, 3.63) is 59.9 Å². The van der Waals surface area contributed by atoms with Gasteiger partial charge < -0.3 is 27.0 Å². The van der Waals surface area contributed by atoms with Gasteiger partial charge >= 0.3 is 102 Å². The zero-order chi connectivity index (χ0) is 18.0. The maximum Gasteiger partial charge on any atom is 0 e. The van der Waals surface area contributed by atoms with E-state index in [-0.39, 0.29) is 78.2 Å². The van der Waals surface area contributed by atoms with Crippen LogP contribution in [0.3, 0.4) is 0 Å². The second kappa shape index (κ2) is 1440000. The van der Waals surface area contributed by atoms with Crippen molar-refractivity contribution >= 4 is 27.0 Å². The summed E-state index contributed by atoms with van der Waals surface area (Å²) in [6.07, 6.45) is 0. The van der Waals surface area contributed by atoms with Crippen LogP contribution in [0.2, 0.25) is 0 Å². The minimum absolute atomic E-state index is 0. The fourth-order valence-electron chi connectivity index (χ4n) is 0. The van der Waals surface area contributed by atoms with Gasteiger partial charge in [0, 0.05) is 51.2 Å². The third kappa shape index (κ3) is 1310000. The predicted octanol–water partition coefficient (Wildman–Crippen LogP) is -0.885. The number of rotatable bonds is 0. The largest absolute Gasteiger partial charge is 0.813 e. The van der Waals surface area contributed by atoms with E-state index in [2.05, 4.69) is 59.9 Å². The maximum absolute atomic E-state index is 7.50. The Balaban J connectivity index is -0.00000000321. The van der Waals surface area contributed by atoms with Gasteiger partial charge in [-0.25, -0.2) is 0 Å². The molecule has 0 amide bonds. The molecular weight excluding hydrogens is 484 g/mol. The van der Waals surface area contributed by atoms with E-state index in [1.807, 2.05) is 0 Å². The second-order valence-electron chi connectivity index (χ2n) is 0. The molecule has 130 valence electrons. The van der Waals surface area contributed by atoms with Crippen molar-refractivity contribution in [3.8, 4) is 0 Å². The van der Waals surface area contributed by atoms with Crippen molar-refractivity contribution in [2.75, 3.05) is 0 Å². The predicted molar refractivity (Wildman–Crippen MR) is 52.9 cm³/mol. The standard InChI is InChI=1S/9CO.3Fe.2H2S/c9*1-2;;;;;/h;;;;;;;;;;;;2*1H2/p-2. The normalized spacial score (nSPS) is 0.783. The summed E-state index contributed by atoms with van der Waals surface area (Å²) >= 11 is 0. The molecule has 0 N–H and O–H groups in total. The van der Waals surface area contributed by atoms with Crippen LogP contribution in [-0.2, 0) is 120 Å². The molecule has 0 rings (SSSR count). The minimum Gasteiger partial charge on any atom is -0.813 e. The van der Waals surface area contributed by atoms with Crippen LogP contribution in [0.5, 0.6) is 0 Å². The molecular formula is C9H2Fe3O9S2-2. The molecule has 0 aromatic rings. The summed E-state index contributed by atoms with van der Waals surface area (Å²) in [4.78, 5) is 0. The molecule has 0 saturated heterocycles. The fraction of sp³-hybridized carbons (Fsp3) is 0. The zero-order valence-corrected chi connectivity index (χ0v) is 15.2. The molecule has 0 aromatic heterocycles. The van der Waals surface area contributed by atoms with Crippen molar-refractivity contribution in [1.29, 1.82) is 0 Å². The van der Waals surface area contributed by atoms with Crippen LogP contribution >= 0.6 is 0 Å². The van der Waals surface area contributed by atoms with Gasteiger partial charge in [0.2, 0.25) is 0 Å². The van der Waals surface area contributed by atoms with E-state index in [1.54, 1.807) is 0 Å². The first-order chi connectivity index (χ1) is 9.00. The maximum atomic E-state index is 7.50. The van der Waals surface area contributed by atoms with Gasteiger partial charge in [0.05, 0.1) is 0 Å². The molecule has 0 unspecified atom stereocenters. The summed E-state index contributed by atoms with van der Waals surface area (Å²) in [7, 11) is 0. The van der Waals surface area contributed by atoms with Crippen molar-refractivity contribution in [3.63, 3.8) is 0 Å². The smallest absolute Gasteiger partial charge is 0 e. The number of hydrogen-bond acceptors (Lipinski definition) is 2. The monoisotopic (exact) mass is 486 g/mol. The molecule has 23 heavy (non-hydrogen) atoms. The van der Waals surface area contributed by atoms with Crippen molar-refractivity contribution in [1.82, 2.24) is 0 Å². The molecule has 0 aliphatic carbocycles. The minimum atomic E-state index is 0. The quantitative estimate of drug-likeness (QED) is 0.142. The second-order valence-corrected chi connectivity index (χ2v) is 0. The van der Waals surface area contributed by atoms with E-state index < -0.39 is 0 Å². The molecule has 0 fully saturated rings. The first-order valence-electron chi connectivity index (χ1n) is 1.84. The molecule has 0 aromatic carbocycles. The van der Waals surface area contributed by atoms with Crippen LogP contribution in [0.1, 0.15) is 0 Å². The van der Waals surface area contributed by atoms with Crippen LogP contribution in [0.25, 0.3) is 0 Å². The molecule has 0 aliphatic rings. The van der Waals surface area contributed by atoms with Gasteiger partial charge in [0.15, 0.2) is 0 Å². The number of hydrogen-bond donors (Lipinski definition) is 0. The van der Waals surface area contributed by atoms with Gasteiger partial charge in [-0.1, -0.05) is 0 Å². The Hall–Kier alpha value is -0.0816.